The van der Waals surface area contributed by atoms with Crippen molar-refractivity contribution in [1.29, 1.82) is 0 Å². The zero-order chi connectivity index (χ0) is 12.5. The molecule has 92 valence electrons. The second kappa shape index (κ2) is 7.68. The third-order valence-electron chi connectivity index (χ3n) is 2.50. The fraction of sp³-hybridized carbons (Fsp3) is 0.500. The predicted octanol–water partition coefficient (Wildman–Crippen LogP) is 2.27. The van der Waals surface area contributed by atoms with Crippen molar-refractivity contribution in [3.63, 3.8) is 0 Å². The van der Waals surface area contributed by atoms with Crippen molar-refractivity contribution in [2.45, 2.75) is 25.4 Å². The van der Waals surface area contributed by atoms with Gasteiger partial charge in [-0.05, 0) is 24.4 Å². The first-order chi connectivity index (χ1) is 8.27. The highest BCUT2D eigenvalue weighted by atomic mass is 16.5. The summed E-state index contributed by atoms with van der Waals surface area (Å²) in [6.07, 6.45) is 0.678. The molecule has 1 aromatic rings. The Morgan fingerprint density at radius 2 is 2.12 bits per heavy atom. The van der Waals surface area contributed by atoms with E-state index in [-0.39, 0.29) is 12.1 Å². The molecule has 0 saturated heterocycles. The van der Waals surface area contributed by atoms with Crippen LogP contribution < -0.4 is 5.73 Å². The van der Waals surface area contributed by atoms with E-state index >= 15 is 0 Å². The van der Waals surface area contributed by atoms with Crippen LogP contribution in [0, 0.1) is 0 Å². The molecule has 1 rings (SSSR count). The number of azide groups is 1. The van der Waals surface area contributed by atoms with Crippen molar-refractivity contribution in [3.8, 4) is 0 Å². The van der Waals surface area contributed by atoms with E-state index in [1.54, 1.807) is 0 Å². The summed E-state index contributed by atoms with van der Waals surface area (Å²) in [5.74, 6) is 0. The second-order valence-corrected chi connectivity index (χ2v) is 3.79. The molecule has 0 bridgehead atoms. The monoisotopic (exact) mass is 234 g/mol. The van der Waals surface area contributed by atoms with Crippen LogP contribution in [0.1, 0.15) is 12.5 Å². The summed E-state index contributed by atoms with van der Waals surface area (Å²) >= 11 is 0. The zero-order valence-corrected chi connectivity index (χ0v) is 9.99. The number of hydrogen-bond acceptors (Lipinski definition) is 3. The third kappa shape index (κ3) is 4.87. The number of hydrogen-bond donors (Lipinski definition) is 1. The van der Waals surface area contributed by atoms with Crippen LogP contribution in [0.25, 0.3) is 10.4 Å². The first-order valence-electron chi connectivity index (χ1n) is 5.69. The largest absolute Gasteiger partial charge is 0.381 e. The van der Waals surface area contributed by atoms with Gasteiger partial charge in [0.1, 0.15) is 0 Å². The molecule has 0 heterocycles. The van der Waals surface area contributed by atoms with Gasteiger partial charge in [0.15, 0.2) is 0 Å². The van der Waals surface area contributed by atoms with Crippen LogP contribution in [-0.4, -0.2) is 25.3 Å². The molecule has 5 nitrogen and oxygen atoms in total. The summed E-state index contributed by atoms with van der Waals surface area (Å²) in [7, 11) is 0. The zero-order valence-electron chi connectivity index (χ0n) is 9.99. The minimum absolute atomic E-state index is 0.222. The van der Waals surface area contributed by atoms with Crippen LogP contribution >= 0.6 is 0 Å². The molecule has 0 unspecified atom stereocenters. The molecule has 0 fully saturated rings. The number of rotatable bonds is 7. The van der Waals surface area contributed by atoms with Gasteiger partial charge in [0.2, 0.25) is 0 Å². The van der Waals surface area contributed by atoms with Crippen molar-refractivity contribution in [1.82, 2.24) is 0 Å². The van der Waals surface area contributed by atoms with E-state index in [1.165, 1.54) is 0 Å². The van der Waals surface area contributed by atoms with Crippen molar-refractivity contribution < 1.29 is 4.74 Å². The van der Waals surface area contributed by atoms with Gasteiger partial charge in [-0.3, -0.25) is 0 Å². The Hall–Kier alpha value is -1.55. The molecule has 0 aromatic heterocycles. The number of nitrogens with two attached hydrogens (primary N) is 1. The molecule has 0 saturated carbocycles. The fourth-order valence-electron chi connectivity index (χ4n) is 1.57. The lowest BCUT2D eigenvalue weighted by atomic mass is 10.0. The van der Waals surface area contributed by atoms with Gasteiger partial charge in [-0.2, -0.15) is 0 Å². The Morgan fingerprint density at radius 3 is 2.71 bits per heavy atom. The Labute approximate surface area is 101 Å². The van der Waals surface area contributed by atoms with Crippen LogP contribution in [-0.2, 0) is 11.2 Å². The summed E-state index contributed by atoms with van der Waals surface area (Å²) in [5, 5.41) is 3.69. The van der Waals surface area contributed by atoms with Gasteiger partial charge in [0.05, 0.1) is 12.6 Å². The average Bonchev–Trinajstić information content (AvgIpc) is 2.35. The van der Waals surface area contributed by atoms with Crippen LogP contribution in [0.2, 0.25) is 0 Å². The molecule has 1 aromatic carbocycles. The van der Waals surface area contributed by atoms with Gasteiger partial charge >= 0.3 is 0 Å². The van der Waals surface area contributed by atoms with Gasteiger partial charge in [-0.1, -0.05) is 35.4 Å². The van der Waals surface area contributed by atoms with Crippen molar-refractivity contribution in [2.75, 3.05) is 13.2 Å². The first-order valence-corrected chi connectivity index (χ1v) is 5.69. The predicted molar refractivity (Wildman–Crippen MR) is 67.5 cm³/mol. The van der Waals surface area contributed by atoms with E-state index in [9.17, 15) is 0 Å². The highest BCUT2D eigenvalue weighted by molar-refractivity contribution is 5.16. The fourth-order valence-corrected chi connectivity index (χ4v) is 1.57. The van der Waals surface area contributed by atoms with E-state index in [2.05, 4.69) is 10.0 Å². The van der Waals surface area contributed by atoms with E-state index in [0.717, 1.165) is 5.56 Å². The van der Waals surface area contributed by atoms with Crippen LogP contribution in [0.3, 0.4) is 0 Å². The van der Waals surface area contributed by atoms with Gasteiger partial charge in [-0.25, -0.2) is 0 Å². The molecular formula is C12H18N4O. The maximum absolute atomic E-state index is 8.50. The molecule has 5 heteroatoms. The van der Waals surface area contributed by atoms with Gasteiger partial charge in [0.25, 0.3) is 0 Å². The van der Waals surface area contributed by atoms with E-state index in [0.29, 0.717) is 19.6 Å². The topological polar surface area (TPSA) is 84.0 Å². The Kier molecular flexibility index (Phi) is 6.10. The molecule has 0 amide bonds. The molecule has 0 radical (unpaired) electrons. The Balaban J connectivity index is 2.58. The smallest absolute Gasteiger partial charge is 0.0762 e. The number of benzene rings is 1. The highest BCUT2D eigenvalue weighted by Gasteiger charge is 2.16. The molecule has 0 aliphatic heterocycles. The van der Waals surface area contributed by atoms with Crippen LogP contribution in [0.15, 0.2) is 35.4 Å². The molecule has 2 N–H and O–H groups in total. The van der Waals surface area contributed by atoms with E-state index in [4.69, 9.17) is 16.0 Å². The lowest BCUT2D eigenvalue weighted by molar-refractivity contribution is 0.126. The number of nitrogens with zero attached hydrogens (tertiary/aromatic N) is 3. The minimum Gasteiger partial charge on any atom is -0.381 e. The van der Waals surface area contributed by atoms with E-state index in [1.807, 2.05) is 37.3 Å². The molecule has 0 aliphatic carbocycles. The molecule has 0 aliphatic rings. The van der Waals surface area contributed by atoms with Crippen LogP contribution in [0.4, 0.5) is 0 Å². The Morgan fingerprint density at radius 1 is 1.41 bits per heavy atom. The SMILES string of the molecule is CCOC[C@H](N=[N+]=[N-])[C@@H](N)Cc1ccccc1. The first kappa shape index (κ1) is 13.5. The lowest BCUT2D eigenvalue weighted by Gasteiger charge is -2.19. The molecular weight excluding hydrogens is 216 g/mol. The highest BCUT2D eigenvalue weighted by Crippen LogP contribution is 2.07. The standard InChI is InChI=1S/C12H18N4O/c1-2-17-9-12(15-16-14)11(13)8-10-6-4-3-5-7-10/h3-7,11-12H,2,8-9,13H2,1H3/t11-,12-/m0/s1. The second-order valence-electron chi connectivity index (χ2n) is 3.79. The third-order valence-corrected chi connectivity index (χ3v) is 2.50. The van der Waals surface area contributed by atoms with Gasteiger partial charge in [-0.15, -0.1) is 0 Å². The Bertz CT molecular complexity index is 362. The van der Waals surface area contributed by atoms with Gasteiger partial charge in [0, 0.05) is 17.6 Å². The molecule has 2 atom stereocenters. The van der Waals surface area contributed by atoms with E-state index < -0.39 is 0 Å². The summed E-state index contributed by atoms with van der Waals surface area (Å²) in [4.78, 5) is 2.82. The summed E-state index contributed by atoms with van der Waals surface area (Å²) in [6, 6.07) is 9.36. The number of ether oxygens (including phenoxy) is 1. The van der Waals surface area contributed by atoms with Crippen LogP contribution in [0.5, 0.6) is 0 Å². The van der Waals surface area contributed by atoms with Crippen molar-refractivity contribution in [2.24, 2.45) is 10.8 Å². The van der Waals surface area contributed by atoms with Gasteiger partial charge < -0.3 is 10.5 Å². The molecule has 0 spiro atoms. The maximum Gasteiger partial charge on any atom is 0.0762 e. The quantitative estimate of drug-likeness (QED) is 0.446. The summed E-state index contributed by atoms with van der Waals surface area (Å²) in [5.41, 5.74) is 15.7. The lowest BCUT2D eigenvalue weighted by Crippen LogP contribution is -2.38. The summed E-state index contributed by atoms with van der Waals surface area (Å²) < 4.78 is 5.26. The maximum atomic E-state index is 8.50. The molecule has 17 heavy (non-hydrogen) atoms. The summed E-state index contributed by atoms with van der Waals surface area (Å²) in [6.45, 7) is 2.86. The van der Waals surface area contributed by atoms with Crippen molar-refractivity contribution in [3.05, 3.63) is 46.3 Å². The normalized spacial score (nSPS) is 13.8. The average molecular weight is 234 g/mol. The van der Waals surface area contributed by atoms with Crippen molar-refractivity contribution >= 4 is 0 Å². The minimum atomic E-state index is -0.319.